The van der Waals surface area contributed by atoms with Gasteiger partial charge in [-0.05, 0) is 32.4 Å². The summed E-state index contributed by atoms with van der Waals surface area (Å²) in [6, 6.07) is 0. The molecule has 5 heteroatoms. The number of likely N-dealkylation sites (N-methyl/N-ethyl adjacent to an activating group) is 1. The largest absolute Gasteiger partial charge is 0.355 e. The maximum absolute atomic E-state index is 12.0. The highest BCUT2D eigenvalue weighted by atomic mass is 16.2. The lowest BCUT2D eigenvalue weighted by molar-refractivity contribution is -0.129. The van der Waals surface area contributed by atoms with Gasteiger partial charge in [0.15, 0.2) is 0 Å². The Bertz CT molecular complexity index is 342. The van der Waals surface area contributed by atoms with Crippen LogP contribution in [0.3, 0.4) is 0 Å². The Kier molecular flexibility index (Phi) is 4.80. The fourth-order valence-corrected chi connectivity index (χ4v) is 2.41. The van der Waals surface area contributed by atoms with Gasteiger partial charge in [0.05, 0.1) is 5.92 Å². The fourth-order valence-electron chi connectivity index (χ4n) is 2.41. The van der Waals surface area contributed by atoms with Gasteiger partial charge in [-0.15, -0.1) is 0 Å². The molecular weight excluding hydrogens is 242 g/mol. The third-order valence-electron chi connectivity index (χ3n) is 4.09. The highest BCUT2D eigenvalue weighted by molar-refractivity contribution is 5.89. The molecule has 0 unspecified atom stereocenters. The monoisotopic (exact) mass is 267 g/mol. The molecule has 1 N–H and O–H groups in total. The zero-order valence-electron chi connectivity index (χ0n) is 12.0. The minimum Gasteiger partial charge on any atom is -0.355 e. The maximum Gasteiger partial charge on any atom is 0.225 e. The predicted octanol–water partition coefficient (Wildman–Crippen LogP) is 0.313. The van der Waals surface area contributed by atoms with Crippen molar-refractivity contribution in [2.75, 3.05) is 39.8 Å². The van der Waals surface area contributed by atoms with E-state index >= 15 is 0 Å². The minimum absolute atomic E-state index is 0.0381. The summed E-state index contributed by atoms with van der Waals surface area (Å²) in [6.07, 6.45) is 2.87. The van der Waals surface area contributed by atoms with Gasteiger partial charge in [0.1, 0.15) is 0 Å². The number of nitrogens with zero attached hydrogens (tertiary/aromatic N) is 2. The van der Waals surface area contributed by atoms with Crippen molar-refractivity contribution in [2.24, 2.45) is 11.8 Å². The molecule has 0 aromatic carbocycles. The molecule has 19 heavy (non-hydrogen) atoms. The van der Waals surface area contributed by atoms with Crippen LogP contribution in [0.5, 0.6) is 0 Å². The van der Waals surface area contributed by atoms with E-state index in [4.69, 9.17) is 0 Å². The van der Waals surface area contributed by atoms with Crippen LogP contribution >= 0.6 is 0 Å². The number of amides is 2. The molecule has 2 amide bonds. The summed E-state index contributed by atoms with van der Waals surface area (Å²) in [6.45, 7) is 6.07. The topological polar surface area (TPSA) is 52.7 Å². The Morgan fingerprint density at radius 2 is 2.21 bits per heavy atom. The summed E-state index contributed by atoms with van der Waals surface area (Å²) in [4.78, 5) is 27.8. The van der Waals surface area contributed by atoms with E-state index in [9.17, 15) is 9.59 Å². The summed E-state index contributed by atoms with van der Waals surface area (Å²) >= 11 is 0. The standard InChI is InChI=1S/C14H25N3O2/c1-3-16(2)7-6-15-14(19)12-8-13(18)17(10-12)9-11-4-5-11/h11-12H,3-10H2,1-2H3,(H,15,19)/t12-/m1/s1. The molecule has 1 aliphatic carbocycles. The van der Waals surface area contributed by atoms with E-state index in [1.807, 2.05) is 11.9 Å². The molecule has 1 saturated heterocycles. The van der Waals surface area contributed by atoms with Crippen LogP contribution < -0.4 is 5.32 Å². The predicted molar refractivity (Wildman–Crippen MR) is 73.6 cm³/mol. The first kappa shape index (κ1) is 14.3. The van der Waals surface area contributed by atoms with Crippen molar-refractivity contribution in [3.8, 4) is 0 Å². The van der Waals surface area contributed by atoms with Gasteiger partial charge < -0.3 is 15.1 Å². The fraction of sp³-hybridized carbons (Fsp3) is 0.857. The number of carbonyl (C=O) groups excluding carboxylic acids is 2. The van der Waals surface area contributed by atoms with Gasteiger partial charge in [0.25, 0.3) is 0 Å². The van der Waals surface area contributed by atoms with Crippen LogP contribution in [-0.4, -0.2) is 61.4 Å². The van der Waals surface area contributed by atoms with Gasteiger partial charge in [-0.3, -0.25) is 9.59 Å². The first-order chi connectivity index (χ1) is 9.10. The summed E-state index contributed by atoms with van der Waals surface area (Å²) in [5.74, 6) is 0.746. The Hall–Kier alpha value is -1.10. The van der Waals surface area contributed by atoms with Crippen LogP contribution in [0.4, 0.5) is 0 Å². The molecule has 108 valence electrons. The third kappa shape index (κ3) is 4.20. The van der Waals surface area contributed by atoms with Crippen molar-refractivity contribution in [1.82, 2.24) is 15.1 Å². The van der Waals surface area contributed by atoms with Crippen molar-refractivity contribution in [1.29, 1.82) is 0 Å². The minimum atomic E-state index is -0.141. The molecule has 2 fully saturated rings. The highest BCUT2D eigenvalue weighted by Crippen LogP contribution is 2.31. The molecule has 1 atom stereocenters. The summed E-state index contributed by atoms with van der Waals surface area (Å²) < 4.78 is 0. The lowest BCUT2D eigenvalue weighted by atomic mass is 10.1. The Morgan fingerprint density at radius 3 is 2.84 bits per heavy atom. The molecule has 0 aromatic heterocycles. The van der Waals surface area contributed by atoms with Gasteiger partial charge in [0, 0.05) is 32.6 Å². The Morgan fingerprint density at radius 1 is 1.47 bits per heavy atom. The lowest BCUT2D eigenvalue weighted by Gasteiger charge is -2.17. The highest BCUT2D eigenvalue weighted by Gasteiger charge is 2.36. The van der Waals surface area contributed by atoms with Crippen molar-refractivity contribution >= 4 is 11.8 Å². The number of nitrogens with one attached hydrogen (secondary N) is 1. The van der Waals surface area contributed by atoms with Crippen LogP contribution in [0.1, 0.15) is 26.2 Å². The molecule has 1 aliphatic heterocycles. The second-order valence-corrected chi connectivity index (χ2v) is 5.83. The van der Waals surface area contributed by atoms with Crippen LogP contribution in [-0.2, 0) is 9.59 Å². The van der Waals surface area contributed by atoms with E-state index in [2.05, 4.69) is 17.1 Å². The molecule has 5 nitrogen and oxygen atoms in total. The van der Waals surface area contributed by atoms with Crippen molar-refractivity contribution in [2.45, 2.75) is 26.2 Å². The summed E-state index contributed by atoms with van der Waals surface area (Å²) in [5.41, 5.74) is 0. The molecular formula is C14H25N3O2. The Balaban J connectivity index is 1.69. The van der Waals surface area contributed by atoms with Gasteiger partial charge in [-0.1, -0.05) is 6.92 Å². The van der Waals surface area contributed by atoms with E-state index in [1.165, 1.54) is 12.8 Å². The number of hydrogen-bond donors (Lipinski definition) is 1. The zero-order chi connectivity index (χ0) is 13.8. The van der Waals surface area contributed by atoms with Crippen molar-refractivity contribution < 1.29 is 9.59 Å². The average Bonchev–Trinajstić information content (AvgIpc) is 3.13. The van der Waals surface area contributed by atoms with Crippen LogP contribution in [0, 0.1) is 11.8 Å². The molecule has 0 spiro atoms. The Labute approximate surface area is 115 Å². The molecule has 0 aromatic rings. The van der Waals surface area contributed by atoms with Gasteiger partial charge in [-0.2, -0.15) is 0 Å². The molecule has 1 heterocycles. The molecule has 2 rings (SSSR count). The lowest BCUT2D eigenvalue weighted by Crippen LogP contribution is -2.37. The van der Waals surface area contributed by atoms with Gasteiger partial charge >= 0.3 is 0 Å². The number of carbonyl (C=O) groups is 2. The van der Waals surface area contributed by atoms with Gasteiger partial charge in [-0.25, -0.2) is 0 Å². The van der Waals surface area contributed by atoms with Gasteiger partial charge in [0.2, 0.25) is 11.8 Å². The summed E-state index contributed by atoms with van der Waals surface area (Å²) in [5, 5.41) is 2.94. The van der Waals surface area contributed by atoms with Crippen molar-refractivity contribution in [3.05, 3.63) is 0 Å². The second-order valence-electron chi connectivity index (χ2n) is 5.83. The maximum atomic E-state index is 12.0. The molecule has 2 aliphatic rings. The third-order valence-corrected chi connectivity index (χ3v) is 4.09. The molecule has 0 radical (unpaired) electrons. The number of likely N-dealkylation sites (tertiary alicyclic amines) is 1. The smallest absolute Gasteiger partial charge is 0.225 e. The molecule has 1 saturated carbocycles. The average molecular weight is 267 g/mol. The molecule has 0 bridgehead atoms. The first-order valence-electron chi connectivity index (χ1n) is 7.34. The number of rotatable bonds is 7. The van der Waals surface area contributed by atoms with Crippen LogP contribution in [0.15, 0.2) is 0 Å². The van der Waals surface area contributed by atoms with E-state index in [0.717, 1.165) is 19.6 Å². The van der Waals surface area contributed by atoms with E-state index in [0.29, 0.717) is 25.4 Å². The SMILES string of the molecule is CCN(C)CCNC(=O)[C@@H]1CC(=O)N(CC2CC2)C1. The summed E-state index contributed by atoms with van der Waals surface area (Å²) in [7, 11) is 2.03. The quantitative estimate of drug-likeness (QED) is 0.722. The zero-order valence-corrected chi connectivity index (χ0v) is 12.0. The van der Waals surface area contributed by atoms with E-state index in [-0.39, 0.29) is 17.7 Å². The number of hydrogen-bond acceptors (Lipinski definition) is 3. The van der Waals surface area contributed by atoms with Crippen LogP contribution in [0.2, 0.25) is 0 Å². The van der Waals surface area contributed by atoms with Crippen molar-refractivity contribution in [3.63, 3.8) is 0 Å². The van der Waals surface area contributed by atoms with E-state index in [1.54, 1.807) is 0 Å². The van der Waals surface area contributed by atoms with E-state index < -0.39 is 0 Å². The normalized spacial score (nSPS) is 23.2. The second kappa shape index (κ2) is 6.37. The first-order valence-corrected chi connectivity index (χ1v) is 7.34. The van der Waals surface area contributed by atoms with Crippen LogP contribution in [0.25, 0.3) is 0 Å².